The number of pyridine rings is 1. The van der Waals surface area contributed by atoms with Gasteiger partial charge in [-0.25, -0.2) is 0 Å². The topological polar surface area (TPSA) is 59.8 Å². The monoisotopic (exact) mass is 374 g/mol. The van der Waals surface area contributed by atoms with Crippen LogP contribution in [0.25, 0.3) is 22.4 Å². The maximum absolute atomic E-state index is 11.4. The van der Waals surface area contributed by atoms with Gasteiger partial charge in [-0.2, -0.15) is 5.10 Å². The van der Waals surface area contributed by atoms with E-state index in [1.165, 1.54) is 32.6 Å². The van der Waals surface area contributed by atoms with Crippen LogP contribution in [0.2, 0.25) is 0 Å². The fourth-order valence-electron chi connectivity index (χ4n) is 4.02. The fourth-order valence-corrected chi connectivity index (χ4v) is 4.02. The molecule has 5 nitrogen and oxygen atoms in total. The number of nitrogens with zero attached hydrogens (tertiary/aromatic N) is 3. The summed E-state index contributed by atoms with van der Waals surface area (Å²) in [6.45, 7) is 4.50. The van der Waals surface area contributed by atoms with Gasteiger partial charge in [-0.05, 0) is 43.9 Å². The molecule has 1 fully saturated rings. The molecule has 0 unspecified atom stereocenters. The molecule has 1 aliphatic rings. The summed E-state index contributed by atoms with van der Waals surface area (Å²) in [6, 6.07) is 12.0. The fraction of sp³-hybridized carbons (Fsp3) is 0.348. The summed E-state index contributed by atoms with van der Waals surface area (Å²) in [5.74, 6) is 0.667. The van der Waals surface area contributed by atoms with E-state index in [4.69, 9.17) is 4.98 Å². The molecule has 2 aromatic heterocycles. The van der Waals surface area contributed by atoms with Crippen LogP contribution in [0.5, 0.6) is 0 Å². The number of benzene rings is 1. The molecular weight excluding hydrogens is 348 g/mol. The van der Waals surface area contributed by atoms with Crippen molar-refractivity contribution in [2.24, 2.45) is 5.92 Å². The van der Waals surface area contributed by atoms with Gasteiger partial charge in [0.2, 0.25) is 5.91 Å². The first kappa shape index (κ1) is 18.4. The molecule has 0 saturated heterocycles. The summed E-state index contributed by atoms with van der Waals surface area (Å²) in [5, 5.41) is 7.45. The predicted octanol–water partition coefficient (Wildman–Crippen LogP) is 5.07. The van der Waals surface area contributed by atoms with Crippen LogP contribution in [0, 0.1) is 12.8 Å². The van der Waals surface area contributed by atoms with Gasteiger partial charge in [-0.3, -0.25) is 14.5 Å². The zero-order valence-electron chi connectivity index (χ0n) is 16.5. The molecule has 5 heteroatoms. The summed E-state index contributed by atoms with van der Waals surface area (Å²) in [6.07, 6.45) is 9.37. The van der Waals surface area contributed by atoms with Crippen molar-refractivity contribution in [2.75, 3.05) is 5.32 Å². The van der Waals surface area contributed by atoms with Crippen molar-refractivity contribution >= 4 is 11.6 Å². The van der Waals surface area contributed by atoms with E-state index in [0.717, 1.165) is 46.2 Å². The molecule has 1 aromatic carbocycles. The highest BCUT2D eigenvalue weighted by Crippen LogP contribution is 2.32. The molecule has 144 valence electrons. The largest absolute Gasteiger partial charge is 0.326 e. The van der Waals surface area contributed by atoms with E-state index in [-0.39, 0.29) is 5.91 Å². The van der Waals surface area contributed by atoms with Gasteiger partial charge in [0.1, 0.15) is 0 Å². The van der Waals surface area contributed by atoms with Crippen molar-refractivity contribution in [3.63, 3.8) is 0 Å². The number of aryl methyl sites for hydroxylation is 1. The lowest BCUT2D eigenvalue weighted by Gasteiger charge is -2.11. The lowest BCUT2D eigenvalue weighted by atomic mass is 10.0. The summed E-state index contributed by atoms with van der Waals surface area (Å²) >= 11 is 0. The molecule has 2 heterocycles. The molecule has 1 aliphatic carbocycles. The third-order valence-corrected chi connectivity index (χ3v) is 5.36. The molecule has 0 spiro atoms. The third kappa shape index (κ3) is 4.14. The number of aromatic nitrogens is 3. The predicted molar refractivity (Wildman–Crippen MR) is 112 cm³/mol. The maximum Gasteiger partial charge on any atom is 0.221 e. The summed E-state index contributed by atoms with van der Waals surface area (Å²) < 4.78 is 2.07. The van der Waals surface area contributed by atoms with Crippen molar-refractivity contribution in [1.29, 1.82) is 0 Å². The Bertz CT molecular complexity index is 986. The minimum atomic E-state index is -0.0808. The van der Waals surface area contributed by atoms with Gasteiger partial charge in [0.15, 0.2) is 0 Å². The van der Waals surface area contributed by atoms with Gasteiger partial charge in [-0.15, -0.1) is 0 Å². The van der Waals surface area contributed by atoms with Gasteiger partial charge in [0.05, 0.1) is 11.9 Å². The van der Waals surface area contributed by atoms with E-state index in [1.807, 2.05) is 43.5 Å². The molecule has 0 radical (unpaired) electrons. The smallest absolute Gasteiger partial charge is 0.221 e. The second-order valence-corrected chi connectivity index (χ2v) is 7.71. The SMILES string of the molecule is CC(=O)Nc1cccc(-c2nc(C)ccc2-c2cnn(CC3CCCC3)c2)c1. The van der Waals surface area contributed by atoms with E-state index in [1.54, 1.807) is 0 Å². The number of amides is 1. The first-order valence-electron chi connectivity index (χ1n) is 9.97. The Kier molecular flexibility index (Phi) is 5.24. The molecule has 4 rings (SSSR count). The van der Waals surface area contributed by atoms with Crippen molar-refractivity contribution in [2.45, 2.75) is 46.1 Å². The quantitative estimate of drug-likeness (QED) is 0.678. The van der Waals surface area contributed by atoms with E-state index >= 15 is 0 Å². The van der Waals surface area contributed by atoms with Crippen LogP contribution in [-0.4, -0.2) is 20.7 Å². The van der Waals surface area contributed by atoms with Gasteiger partial charge < -0.3 is 5.32 Å². The van der Waals surface area contributed by atoms with Gasteiger partial charge in [-0.1, -0.05) is 31.0 Å². The second-order valence-electron chi connectivity index (χ2n) is 7.71. The standard InChI is InChI=1S/C23H26N4O/c1-16-10-11-22(20-13-24-27(15-20)14-18-6-3-4-7-18)23(25-16)19-8-5-9-21(12-19)26-17(2)28/h5,8-13,15,18H,3-4,6-7,14H2,1-2H3,(H,26,28). The maximum atomic E-state index is 11.4. The lowest BCUT2D eigenvalue weighted by molar-refractivity contribution is -0.114. The average Bonchev–Trinajstić information content (AvgIpc) is 3.34. The second kappa shape index (κ2) is 7.97. The van der Waals surface area contributed by atoms with Crippen LogP contribution in [0.4, 0.5) is 5.69 Å². The Balaban J connectivity index is 1.67. The minimum Gasteiger partial charge on any atom is -0.326 e. The number of hydrogen-bond acceptors (Lipinski definition) is 3. The minimum absolute atomic E-state index is 0.0808. The number of nitrogens with one attached hydrogen (secondary N) is 1. The van der Waals surface area contributed by atoms with Crippen LogP contribution in [-0.2, 0) is 11.3 Å². The van der Waals surface area contributed by atoms with E-state index < -0.39 is 0 Å². The molecule has 0 bridgehead atoms. The summed E-state index contributed by atoms with van der Waals surface area (Å²) in [7, 11) is 0. The molecule has 1 amide bonds. The molecule has 1 N–H and O–H groups in total. The van der Waals surface area contributed by atoms with E-state index in [0.29, 0.717) is 0 Å². The lowest BCUT2D eigenvalue weighted by Crippen LogP contribution is -2.07. The number of anilines is 1. The Morgan fingerprint density at radius 1 is 1.18 bits per heavy atom. The summed E-state index contributed by atoms with van der Waals surface area (Å²) in [5.41, 5.74) is 5.76. The van der Waals surface area contributed by atoms with Crippen molar-refractivity contribution in [1.82, 2.24) is 14.8 Å². The van der Waals surface area contributed by atoms with Gasteiger partial charge >= 0.3 is 0 Å². The third-order valence-electron chi connectivity index (χ3n) is 5.36. The van der Waals surface area contributed by atoms with Gasteiger partial charge in [0.25, 0.3) is 0 Å². The summed E-state index contributed by atoms with van der Waals surface area (Å²) in [4.78, 5) is 16.2. The average molecular weight is 374 g/mol. The molecular formula is C23H26N4O. The molecule has 1 saturated carbocycles. The molecule has 0 aliphatic heterocycles. The normalized spacial score (nSPS) is 14.4. The molecule has 3 aromatic rings. The first-order valence-corrected chi connectivity index (χ1v) is 9.97. The number of carbonyl (C=O) groups is 1. The Hall–Kier alpha value is -2.95. The van der Waals surface area contributed by atoms with E-state index in [9.17, 15) is 4.79 Å². The Morgan fingerprint density at radius 3 is 2.79 bits per heavy atom. The molecule has 28 heavy (non-hydrogen) atoms. The Morgan fingerprint density at radius 2 is 2.00 bits per heavy atom. The first-order chi connectivity index (χ1) is 13.6. The highest BCUT2D eigenvalue weighted by molar-refractivity contribution is 5.90. The van der Waals surface area contributed by atoms with Gasteiger partial charge in [0, 0.05) is 47.7 Å². The number of carbonyl (C=O) groups excluding carboxylic acids is 1. The Labute approximate surface area is 165 Å². The highest BCUT2D eigenvalue weighted by atomic mass is 16.1. The highest BCUT2D eigenvalue weighted by Gasteiger charge is 2.17. The van der Waals surface area contributed by atoms with Crippen LogP contribution < -0.4 is 5.32 Å². The zero-order valence-corrected chi connectivity index (χ0v) is 16.5. The van der Waals surface area contributed by atoms with E-state index in [2.05, 4.69) is 27.4 Å². The van der Waals surface area contributed by atoms with Crippen molar-refractivity contribution in [3.05, 3.63) is 54.5 Å². The molecule has 0 atom stereocenters. The van der Waals surface area contributed by atoms with Crippen LogP contribution in [0.1, 0.15) is 38.3 Å². The number of rotatable bonds is 5. The van der Waals surface area contributed by atoms with Crippen LogP contribution in [0.3, 0.4) is 0 Å². The van der Waals surface area contributed by atoms with Crippen LogP contribution >= 0.6 is 0 Å². The van der Waals surface area contributed by atoms with Crippen LogP contribution in [0.15, 0.2) is 48.8 Å². The number of hydrogen-bond donors (Lipinski definition) is 1. The van der Waals surface area contributed by atoms with Crippen molar-refractivity contribution < 1.29 is 4.79 Å². The van der Waals surface area contributed by atoms with Crippen molar-refractivity contribution in [3.8, 4) is 22.4 Å². The zero-order chi connectivity index (χ0) is 19.5.